The third kappa shape index (κ3) is 2.84. The summed E-state index contributed by atoms with van der Waals surface area (Å²) in [5, 5.41) is 0. The molecular formula is C18H22O3Si. The lowest BCUT2D eigenvalue weighted by atomic mass is 9.75. The summed E-state index contributed by atoms with van der Waals surface area (Å²) >= 11 is 0. The fraction of sp³-hybridized carbons (Fsp3) is 0.500. The first-order valence-electron chi connectivity index (χ1n) is 7.74. The Bertz CT molecular complexity index is 633. The van der Waals surface area contributed by atoms with Crippen LogP contribution in [-0.2, 0) is 9.53 Å². The fourth-order valence-electron chi connectivity index (χ4n) is 3.26. The lowest BCUT2D eigenvalue weighted by Gasteiger charge is -2.24. The van der Waals surface area contributed by atoms with E-state index in [2.05, 4.69) is 43.2 Å². The van der Waals surface area contributed by atoms with E-state index in [-0.39, 0.29) is 29.8 Å². The molecule has 1 aromatic rings. The topological polar surface area (TPSA) is 35.5 Å². The van der Waals surface area contributed by atoms with Crippen LogP contribution in [-0.4, -0.2) is 33.2 Å². The number of hydrogen-bond acceptors (Lipinski definition) is 3. The summed E-state index contributed by atoms with van der Waals surface area (Å²) in [5.41, 5.74) is 4.61. The van der Waals surface area contributed by atoms with Crippen molar-refractivity contribution < 1.29 is 14.3 Å². The molecule has 2 saturated heterocycles. The number of fused-ring (bicyclic) bond motifs is 2. The van der Waals surface area contributed by atoms with Crippen LogP contribution < -0.4 is 4.74 Å². The molecule has 2 fully saturated rings. The Balaban J connectivity index is 1.93. The molecule has 3 rings (SSSR count). The smallest absolute Gasteiger partial charge is 0.165 e. The van der Waals surface area contributed by atoms with Gasteiger partial charge < -0.3 is 9.47 Å². The Hall–Kier alpha value is -1.57. The minimum atomic E-state index is -1.47. The number of rotatable bonds is 2. The standard InChI is InChI=1S/C18H22O3Si/c1-20-13-7-5-12(6-8-13)17-14(9-10-22(2,3)4)18-15(19)11-16(17)21-18/h5-8,14,16-18H,11H2,1-4H3/t14-,16-,17+,18-/m1/s1. The molecule has 0 N–H and O–H groups in total. The molecule has 2 heterocycles. The molecular weight excluding hydrogens is 292 g/mol. The van der Waals surface area contributed by atoms with E-state index in [4.69, 9.17) is 9.47 Å². The molecule has 2 bridgehead atoms. The molecule has 4 heteroatoms. The van der Waals surface area contributed by atoms with Gasteiger partial charge in [0, 0.05) is 12.3 Å². The van der Waals surface area contributed by atoms with Crippen molar-refractivity contribution in [2.45, 2.75) is 44.2 Å². The van der Waals surface area contributed by atoms with E-state index in [9.17, 15) is 4.79 Å². The maximum Gasteiger partial charge on any atom is 0.165 e. The fourth-order valence-corrected chi connectivity index (χ4v) is 3.86. The summed E-state index contributed by atoms with van der Waals surface area (Å²) in [7, 11) is 0.196. The maximum absolute atomic E-state index is 12.0. The molecule has 0 aromatic heterocycles. The number of carbonyl (C=O) groups excluding carboxylic acids is 1. The second kappa shape index (κ2) is 5.57. The molecule has 2 aliphatic heterocycles. The van der Waals surface area contributed by atoms with E-state index in [0.717, 1.165) is 5.75 Å². The van der Waals surface area contributed by atoms with Crippen molar-refractivity contribution in [2.24, 2.45) is 5.92 Å². The van der Waals surface area contributed by atoms with E-state index < -0.39 is 8.07 Å². The highest BCUT2D eigenvalue weighted by Crippen LogP contribution is 2.47. The van der Waals surface area contributed by atoms with Crippen LogP contribution in [0.5, 0.6) is 5.75 Å². The summed E-state index contributed by atoms with van der Waals surface area (Å²) in [6.07, 6.45) is 0.166. The van der Waals surface area contributed by atoms with Crippen LogP contribution in [0.1, 0.15) is 17.9 Å². The zero-order valence-electron chi connectivity index (χ0n) is 13.6. The number of benzene rings is 1. The van der Waals surface area contributed by atoms with Gasteiger partial charge in [-0.05, 0) is 17.7 Å². The number of ether oxygens (including phenoxy) is 2. The quantitative estimate of drug-likeness (QED) is 0.622. The number of carbonyl (C=O) groups is 1. The molecule has 0 spiro atoms. The minimum absolute atomic E-state index is 0.00799. The first-order chi connectivity index (χ1) is 10.4. The summed E-state index contributed by atoms with van der Waals surface area (Å²) < 4.78 is 11.1. The van der Waals surface area contributed by atoms with Crippen molar-refractivity contribution >= 4 is 13.9 Å². The molecule has 0 amide bonds. The highest BCUT2D eigenvalue weighted by Gasteiger charge is 2.53. The van der Waals surface area contributed by atoms with E-state index in [1.165, 1.54) is 5.56 Å². The van der Waals surface area contributed by atoms with Crippen molar-refractivity contribution in [2.75, 3.05) is 7.11 Å². The Morgan fingerprint density at radius 3 is 2.50 bits per heavy atom. The van der Waals surface area contributed by atoms with Crippen LogP contribution in [0.3, 0.4) is 0 Å². The SMILES string of the molecule is COc1ccc([C@H]2[C@@H](C#C[Si](C)(C)C)[C@H]3O[C@@H]2CC3=O)cc1. The average molecular weight is 314 g/mol. The molecule has 3 nitrogen and oxygen atoms in total. The van der Waals surface area contributed by atoms with Crippen LogP contribution in [0.2, 0.25) is 19.6 Å². The van der Waals surface area contributed by atoms with Crippen LogP contribution >= 0.6 is 0 Å². The summed E-state index contributed by atoms with van der Waals surface area (Å²) in [6.45, 7) is 6.66. The second-order valence-electron chi connectivity index (χ2n) is 7.11. The van der Waals surface area contributed by atoms with Crippen molar-refractivity contribution in [3.05, 3.63) is 29.8 Å². The zero-order chi connectivity index (χ0) is 15.9. The van der Waals surface area contributed by atoms with Crippen LogP contribution in [0.15, 0.2) is 24.3 Å². The average Bonchev–Trinajstić information content (AvgIpc) is 3.01. The summed E-state index contributed by atoms with van der Waals surface area (Å²) in [4.78, 5) is 12.0. The van der Waals surface area contributed by atoms with Gasteiger partial charge in [0.1, 0.15) is 19.9 Å². The van der Waals surface area contributed by atoms with Gasteiger partial charge in [0.15, 0.2) is 5.78 Å². The lowest BCUT2D eigenvalue weighted by Crippen LogP contribution is -2.31. The van der Waals surface area contributed by atoms with Gasteiger partial charge in [-0.2, -0.15) is 0 Å². The van der Waals surface area contributed by atoms with Crippen molar-refractivity contribution in [3.63, 3.8) is 0 Å². The van der Waals surface area contributed by atoms with E-state index in [0.29, 0.717) is 6.42 Å². The zero-order valence-corrected chi connectivity index (χ0v) is 14.6. The molecule has 0 radical (unpaired) electrons. The highest BCUT2D eigenvalue weighted by atomic mass is 28.3. The Morgan fingerprint density at radius 2 is 1.91 bits per heavy atom. The van der Waals surface area contributed by atoms with Gasteiger partial charge in [-0.3, -0.25) is 4.79 Å². The summed E-state index contributed by atoms with van der Waals surface area (Å²) in [5.74, 6) is 4.63. The van der Waals surface area contributed by atoms with Gasteiger partial charge in [-0.25, -0.2) is 0 Å². The number of hydrogen-bond donors (Lipinski definition) is 0. The number of methoxy groups -OCH3 is 1. The van der Waals surface area contributed by atoms with Crippen molar-refractivity contribution in [1.29, 1.82) is 0 Å². The van der Waals surface area contributed by atoms with Crippen molar-refractivity contribution in [3.8, 4) is 17.2 Å². The first kappa shape index (κ1) is 15.3. The predicted octanol–water partition coefficient (Wildman–Crippen LogP) is 3.02. The molecule has 22 heavy (non-hydrogen) atoms. The molecule has 1 aromatic carbocycles. The van der Waals surface area contributed by atoms with E-state index in [1.54, 1.807) is 7.11 Å². The third-order valence-corrected chi connectivity index (χ3v) is 5.16. The monoisotopic (exact) mass is 314 g/mol. The molecule has 4 atom stereocenters. The van der Waals surface area contributed by atoms with Gasteiger partial charge >= 0.3 is 0 Å². The van der Waals surface area contributed by atoms with Crippen LogP contribution in [0, 0.1) is 17.4 Å². The number of Topliss-reactive ketones (excluding diaryl/α,β-unsaturated/α-hetero) is 1. The van der Waals surface area contributed by atoms with E-state index >= 15 is 0 Å². The Morgan fingerprint density at radius 1 is 1.23 bits per heavy atom. The molecule has 0 saturated carbocycles. The molecule has 0 aliphatic carbocycles. The van der Waals surface area contributed by atoms with Crippen molar-refractivity contribution in [1.82, 2.24) is 0 Å². The van der Waals surface area contributed by atoms with Gasteiger partial charge in [-0.1, -0.05) is 31.8 Å². The minimum Gasteiger partial charge on any atom is -0.497 e. The van der Waals surface area contributed by atoms with Gasteiger partial charge in [0.05, 0.1) is 19.1 Å². The highest BCUT2D eigenvalue weighted by molar-refractivity contribution is 6.83. The van der Waals surface area contributed by atoms with Gasteiger partial charge in [0.25, 0.3) is 0 Å². The van der Waals surface area contributed by atoms with Crippen LogP contribution in [0.4, 0.5) is 0 Å². The van der Waals surface area contributed by atoms with E-state index in [1.807, 2.05) is 12.1 Å². The lowest BCUT2D eigenvalue weighted by molar-refractivity contribution is -0.122. The molecule has 2 aliphatic rings. The maximum atomic E-state index is 12.0. The predicted molar refractivity (Wildman–Crippen MR) is 88.6 cm³/mol. The van der Waals surface area contributed by atoms with Crippen LogP contribution in [0.25, 0.3) is 0 Å². The van der Waals surface area contributed by atoms with Gasteiger partial charge in [-0.15, -0.1) is 11.5 Å². The molecule has 116 valence electrons. The normalized spacial score (nSPS) is 30.1. The number of ketones is 1. The summed E-state index contributed by atoms with van der Waals surface area (Å²) in [6, 6.07) is 8.07. The second-order valence-corrected chi connectivity index (χ2v) is 11.9. The third-order valence-electron chi connectivity index (χ3n) is 4.27. The first-order valence-corrected chi connectivity index (χ1v) is 11.2. The largest absolute Gasteiger partial charge is 0.497 e. The van der Waals surface area contributed by atoms with Gasteiger partial charge in [0.2, 0.25) is 0 Å². The Kier molecular flexibility index (Phi) is 3.88. The molecule has 0 unspecified atom stereocenters. The Labute approximate surface area is 133 Å².